The summed E-state index contributed by atoms with van der Waals surface area (Å²) in [5.41, 5.74) is 0. The number of hydrogen-bond donors (Lipinski definition) is 1. The van der Waals surface area contributed by atoms with Gasteiger partial charge in [0, 0.05) is 0 Å². The molecule has 0 spiro atoms. The van der Waals surface area contributed by atoms with Crippen molar-refractivity contribution in [3.63, 3.8) is 0 Å². The Balaban J connectivity index is 4.37. The van der Waals surface area contributed by atoms with Crippen molar-refractivity contribution in [1.82, 2.24) is 4.90 Å². The molecule has 0 saturated heterocycles. The van der Waals surface area contributed by atoms with Gasteiger partial charge in [0.2, 0.25) is 0 Å². The largest absolute Gasteiger partial charge is 0.480 e. The quantitative estimate of drug-likeness (QED) is 0.446. The first kappa shape index (κ1) is 20.8. The number of thioether (sulfide) groups is 1. The van der Waals surface area contributed by atoms with Gasteiger partial charge in [0.15, 0.2) is 0 Å². The second-order valence-electron chi connectivity index (χ2n) is 5.79. The average Bonchev–Trinajstić information content (AvgIpc) is 2.47. The van der Waals surface area contributed by atoms with Crippen molar-refractivity contribution in [1.29, 1.82) is 0 Å². The summed E-state index contributed by atoms with van der Waals surface area (Å²) in [7, 11) is 0. The molecule has 0 aliphatic heterocycles. The zero-order chi connectivity index (χ0) is 15.9. The number of hydrogen-bond acceptors (Lipinski definition) is 3. The molecular formula is C17H35NO2S. The Hall–Kier alpha value is -0.220. The van der Waals surface area contributed by atoms with E-state index in [1.807, 2.05) is 6.26 Å². The predicted molar refractivity (Wildman–Crippen MR) is 94.3 cm³/mol. The fraction of sp³-hybridized carbons (Fsp3) is 0.941. The number of carbonyl (C=O) groups is 1. The molecule has 0 rings (SSSR count). The minimum atomic E-state index is -0.643. The van der Waals surface area contributed by atoms with Gasteiger partial charge in [-0.15, -0.1) is 0 Å². The Labute approximate surface area is 135 Å². The van der Waals surface area contributed by atoms with E-state index in [0.29, 0.717) is 0 Å². The minimum absolute atomic E-state index is 0.291. The minimum Gasteiger partial charge on any atom is -0.480 e. The van der Waals surface area contributed by atoms with Crippen LogP contribution in [-0.2, 0) is 4.79 Å². The van der Waals surface area contributed by atoms with Crippen molar-refractivity contribution in [2.75, 3.05) is 25.1 Å². The summed E-state index contributed by atoms with van der Waals surface area (Å²) in [6, 6.07) is -0.291. The molecule has 4 heteroatoms. The van der Waals surface area contributed by atoms with Crippen LogP contribution in [0, 0.1) is 0 Å². The molecule has 0 aliphatic rings. The fourth-order valence-corrected chi connectivity index (χ4v) is 3.06. The van der Waals surface area contributed by atoms with Gasteiger partial charge in [-0.05, 0) is 44.4 Å². The molecule has 0 saturated carbocycles. The average molecular weight is 318 g/mol. The first-order valence-electron chi connectivity index (χ1n) is 8.63. The molecule has 0 aromatic rings. The first-order valence-corrected chi connectivity index (χ1v) is 10.0. The van der Waals surface area contributed by atoms with Crippen LogP contribution in [0.5, 0.6) is 0 Å². The maximum absolute atomic E-state index is 11.6. The van der Waals surface area contributed by atoms with Crippen LogP contribution in [0.2, 0.25) is 0 Å². The van der Waals surface area contributed by atoms with E-state index in [9.17, 15) is 9.90 Å². The van der Waals surface area contributed by atoms with Crippen LogP contribution in [0.1, 0.15) is 71.6 Å². The summed E-state index contributed by atoms with van der Waals surface area (Å²) in [4.78, 5) is 13.8. The molecule has 0 radical (unpaired) electrons. The Bertz CT molecular complexity index is 237. The molecular weight excluding hydrogens is 282 g/mol. The first-order chi connectivity index (χ1) is 10.2. The topological polar surface area (TPSA) is 40.5 Å². The maximum Gasteiger partial charge on any atom is 0.320 e. The molecule has 0 fully saturated rings. The lowest BCUT2D eigenvalue weighted by Crippen LogP contribution is -2.42. The van der Waals surface area contributed by atoms with Gasteiger partial charge in [-0.2, -0.15) is 11.8 Å². The molecule has 1 atom stereocenters. The smallest absolute Gasteiger partial charge is 0.320 e. The van der Waals surface area contributed by atoms with Gasteiger partial charge >= 0.3 is 5.97 Å². The van der Waals surface area contributed by atoms with E-state index in [-0.39, 0.29) is 6.04 Å². The van der Waals surface area contributed by atoms with Crippen LogP contribution in [-0.4, -0.2) is 47.1 Å². The number of carboxylic acid groups (broad SMARTS) is 1. The lowest BCUT2D eigenvalue weighted by molar-refractivity contribution is -0.143. The van der Waals surface area contributed by atoms with E-state index in [0.717, 1.165) is 38.1 Å². The Morgan fingerprint density at radius 3 is 1.90 bits per heavy atom. The molecule has 0 aromatic heterocycles. The highest BCUT2D eigenvalue weighted by Crippen LogP contribution is 2.13. The van der Waals surface area contributed by atoms with E-state index in [1.54, 1.807) is 11.8 Å². The van der Waals surface area contributed by atoms with Crippen molar-refractivity contribution >= 4 is 17.7 Å². The lowest BCUT2D eigenvalue weighted by Gasteiger charge is -2.29. The number of carboxylic acids is 1. The van der Waals surface area contributed by atoms with Gasteiger partial charge < -0.3 is 5.11 Å². The van der Waals surface area contributed by atoms with Crippen molar-refractivity contribution in [3.8, 4) is 0 Å². The highest BCUT2D eigenvalue weighted by Gasteiger charge is 2.24. The van der Waals surface area contributed by atoms with Crippen LogP contribution < -0.4 is 0 Å². The van der Waals surface area contributed by atoms with Crippen molar-refractivity contribution in [3.05, 3.63) is 0 Å². The SMILES string of the molecule is CCCCCCN(CCCCCC)[C@@H](CCSC)C(=O)O. The molecule has 0 aliphatic carbocycles. The van der Waals surface area contributed by atoms with E-state index in [1.165, 1.54) is 38.5 Å². The van der Waals surface area contributed by atoms with Gasteiger partial charge in [0.25, 0.3) is 0 Å². The standard InChI is InChI=1S/C17H35NO2S/c1-4-6-8-10-13-18(14-11-9-7-5-2)16(17(19)20)12-15-21-3/h16H,4-15H2,1-3H3,(H,19,20)/t16-/m0/s1. The molecule has 3 nitrogen and oxygen atoms in total. The third-order valence-electron chi connectivity index (χ3n) is 3.92. The third-order valence-corrected chi connectivity index (χ3v) is 4.56. The van der Waals surface area contributed by atoms with Gasteiger partial charge in [-0.25, -0.2) is 0 Å². The second kappa shape index (κ2) is 14.7. The summed E-state index contributed by atoms with van der Waals surface area (Å²) >= 11 is 1.74. The number of unbranched alkanes of at least 4 members (excludes halogenated alkanes) is 6. The monoisotopic (exact) mass is 317 g/mol. The van der Waals surface area contributed by atoms with Crippen LogP contribution in [0.4, 0.5) is 0 Å². The normalized spacial score (nSPS) is 12.8. The molecule has 0 amide bonds. The van der Waals surface area contributed by atoms with Gasteiger partial charge in [0.05, 0.1) is 0 Å². The van der Waals surface area contributed by atoms with Crippen LogP contribution >= 0.6 is 11.8 Å². The molecule has 0 aromatic carbocycles. The van der Waals surface area contributed by atoms with Crippen molar-refractivity contribution < 1.29 is 9.90 Å². The highest BCUT2D eigenvalue weighted by molar-refractivity contribution is 7.98. The molecule has 0 unspecified atom stereocenters. The van der Waals surface area contributed by atoms with E-state index >= 15 is 0 Å². The highest BCUT2D eigenvalue weighted by atomic mass is 32.2. The maximum atomic E-state index is 11.6. The Morgan fingerprint density at radius 1 is 1.00 bits per heavy atom. The lowest BCUT2D eigenvalue weighted by atomic mass is 10.1. The van der Waals surface area contributed by atoms with Gasteiger partial charge in [-0.1, -0.05) is 52.4 Å². The predicted octanol–water partition coefficient (Wildman–Crippen LogP) is 4.66. The second-order valence-corrected chi connectivity index (χ2v) is 6.78. The van der Waals surface area contributed by atoms with Crippen molar-refractivity contribution in [2.24, 2.45) is 0 Å². The molecule has 0 heterocycles. The van der Waals surface area contributed by atoms with Gasteiger partial charge in [0.1, 0.15) is 6.04 Å². The number of rotatable bonds is 15. The molecule has 126 valence electrons. The van der Waals surface area contributed by atoms with Gasteiger partial charge in [-0.3, -0.25) is 9.69 Å². The van der Waals surface area contributed by atoms with E-state index in [4.69, 9.17) is 0 Å². The molecule has 1 N–H and O–H groups in total. The zero-order valence-corrected chi connectivity index (χ0v) is 15.1. The summed E-state index contributed by atoms with van der Waals surface area (Å²) < 4.78 is 0. The Morgan fingerprint density at radius 2 is 1.52 bits per heavy atom. The summed E-state index contributed by atoms with van der Waals surface area (Å²) in [5.74, 6) is 0.284. The van der Waals surface area contributed by atoms with Crippen LogP contribution in [0.3, 0.4) is 0 Å². The summed E-state index contributed by atoms with van der Waals surface area (Å²) in [5, 5.41) is 9.52. The summed E-state index contributed by atoms with van der Waals surface area (Å²) in [6.45, 7) is 6.30. The number of aliphatic carboxylic acids is 1. The van der Waals surface area contributed by atoms with E-state index < -0.39 is 5.97 Å². The number of nitrogens with zero attached hydrogens (tertiary/aromatic N) is 1. The molecule has 21 heavy (non-hydrogen) atoms. The summed E-state index contributed by atoms with van der Waals surface area (Å²) in [6.07, 6.45) is 12.5. The Kier molecular flexibility index (Phi) is 14.6. The fourth-order valence-electron chi connectivity index (χ4n) is 2.60. The molecule has 0 bridgehead atoms. The third kappa shape index (κ3) is 11.1. The van der Waals surface area contributed by atoms with Crippen LogP contribution in [0.25, 0.3) is 0 Å². The van der Waals surface area contributed by atoms with E-state index in [2.05, 4.69) is 18.7 Å². The zero-order valence-electron chi connectivity index (χ0n) is 14.3. The van der Waals surface area contributed by atoms with Crippen molar-refractivity contribution in [2.45, 2.75) is 77.7 Å². The van der Waals surface area contributed by atoms with Crippen LogP contribution in [0.15, 0.2) is 0 Å².